The molecule has 0 aliphatic carbocycles. The Labute approximate surface area is 179 Å². The van der Waals surface area contributed by atoms with E-state index >= 15 is 0 Å². The lowest BCUT2D eigenvalue weighted by Gasteiger charge is -2.35. The quantitative estimate of drug-likeness (QED) is 0.560. The molecule has 1 unspecified atom stereocenters. The standard InChI is InChI=1S/C25H44N4/c1-24(2,26-14-18-28-15-8-16-28)12-13-25(3,4)27-19-23-11-17-29(21-23)20-22-9-6-5-7-10-22/h5-7,9-10,23,26-27H,8,11-21H2,1-4H3. The van der Waals surface area contributed by atoms with Crippen molar-refractivity contribution in [2.75, 3.05) is 45.8 Å². The van der Waals surface area contributed by atoms with Crippen molar-refractivity contribution in [3.8, 4) is 0 Å². The minimum atomic E-state index is 0.198. The number of nitrogens with zero attached hydrogens (tertiary/aromatic N) is 2. The maximum atomic E-state index is 3.89. The van der Waals surface area contributed by atoms with Crippen LogP contribution < -0.4 is 10.6 Å². The molecule has 4 nitrogen and oxygen atoms in total. The average molecular weight is 401 g/mol. The molecule has 2 N–H and O–H groups in total. The molecular formula is C25H44N4. The van der Waals surface area contributed by atoms with Crippen LogP contribution in [0.15, 0.2) is 30.3 Å². The molecule has 2 heterocycles. The van der Waals surface area contributed by atoms with E-state index in [1.807, 2.05) is 0 Å². The Balaban J connectivity index is 1.31. The van der Waals surface area contributed by atoms with Gasteiger partial charge in [0.1, 0.15) is 0 Å². The number of hydrogen-bond acceptors (Lipinski definition) is 4. The van der Waals surface area contributed by atoms with Crippen LogP contribution in [0.1, 0.15) is 58.9 Å². The monoisotopic (exact) mass is 400 g/mol. The third-order valence-electron chi connectivity index (χ3n) is 6.84. The van der Waals surface area contributed by atoms with Gasteiger partial charge in [0.2, 0.25) is 0 Å². The maximum Gasteiger partial charge on any atom is 0.0233 e. The van der Waals surface area contributed by atoms with Gasteiger partial charge in [-0.1, -0.05) is 30.3 Å². The Hall–Kier alpha value is -0.940. The zero-order valence-electron chi connectivity index (χ0n) is 19.3. The van der Waals surface area contributed by atoms with Crippen molar-refractivity contribution in [3.05, 3.63) is 35.9 Å². The summed E-state index contributed by atoms with van der Waals surface area (Å²) in [5, 5.41) is 7.67. The molecule has 4 heteroatoms. The molecule has 0 aromatic heterocycles. The molecule has 2 aliphatic rings. The van der Waals surface area contributed by atoms with E-state index in [4.69, 9.17) is 0 Å². The van der Waals surface area contributed by atoms with Crippen LogP contribution >= 0.6 is 0 Å². The predicted molar refractivity (Wildman–Crippen MR) is 124 cm³/mol. The number of benzene rings is 1. The summed E-state index contributed by atoms with van der Waals surface area (Å²) in [5.41, 5.74) is 1.85. The highest BCUT2D eigenvalue weighted by Crippen LogP contribution is 2.22. The van der Waals surface area contributed by atoms with Crippen LogP contribution in [0, 0.1) is 5.92 Å². The summed E-state index contributed by atoms with van der Waals surface area (Å²) in [6.45, 7) is 19.1. The van der Waals surface area contributed by atoms with E-state index in [0.717, 1.165) is 25.6 Å². The van der Waals surface area contributed by atoms with Crippen molar-refractivity contribution in [1.29, 1.82) is 0 Å². The largest absolute Gasteiger partial charge is 0.311 e. The van der Waals surface area contributed by atoms with E-state index in [1.165, 1.54) is 64.0 Å². The van der Waals surface area contributed by atoms with Crippen LogP contribution in [0.25, 0.3) is 0 Å². The van der Waals surface area contributed by atoms with E-state index in [9.17, 15) is 0 Å². The van der Waals surface area contributed by atoms with Crippen LogP contribution in [-0.4, -0.2) is 66.7 Å². The molecular weight excluding hydrogens is 356 g/mol. The zero-order valence-corrected chi connectivity index (χ0v) is 19.3. The number of nitrogens with one attached hydrogen (secondary N) is 2. The first kappa shape index (κ1) is 22.7. The Morgan fingerprint density at radius 3 is 2.24 bits per heavy atom. The van der Waals surface area contributed by atoms with Crippen LogP contribution in [0.4, 0.5) is 0 Å². The molecule has 0 radical (unpaired) electrons. The summed E-state index contributed by atoms with van der Waals surface area (Å²) < 4.78 is 0. The zero-order chi connectivity index (χ0) is 20.7. The summed E-state index contributed by atoms with van der Waals surface area (Å²) in [7, 11) is 0. The second-order valence-electron chi connectivity index (χ2n) is 10.6. The second kappa shape index (κ2) is 10.4. The third-order valence-corrected chi connectivity index (χ3v) is 6.84. The van der Waals surface area contributed by atoms with Gasteiger partial charge in [-0.15, -0.1) is 0 Å². The summed E-state index contributed by atoms with van der Waals surface area (Å²) in [6.07, 6.45) is 5.11. The fourth-order valence-electron chi connectivity index (χ4n) is 4.44. The van der Waals surface area contributed by atoms with Gasteiger partial charge in [0, 0.05) is 37.3 Å². The normalized spacial score (nSPS) is 21.4. The SMILES string of the molecule is CC(C)(CCC(C)(C)NCC1CCN(Cc2ccccc2)C1)NCCN1CCC1. The Bertz CT molecular complexity index is 594. The predicted octanol–water partition coefficient (Wildman–Crippen LogP) is 3.73. The molecule has 1 aromatic carbocycles. The molecule has 2 saturated heterocycles. The molecule has 29 heavy (non-hydrogen) atoms. The first-order valence-corrected chi connectivity index (χ1v) is 11.8. The summed E-state index contributed by atoms with van der Waals surface area (Å²) in [4.78, 5) is 5.15. The summed E-state index contributed by atoms with van der Waals surface area (Å²) in [6, 6.07) is 10.9. The molecule has 1 aromatic rings. The highest BCUT2D eigenvalue weighted by Gasteiger charge is 2.27. The summed E-state index contributed by atoms with van der Waals surface area (Å²) in [5.74, 6) is 0.778. The van der Waals surface area contributed by atoms with Crippen molar-refractivity contribution in [3.63, 3.8) is 0 Å². The molecule has 2 aliphatic heterocycles. The molecule has 0 saturated carbocycles. The van der Waals surface area contributed by atoms with Gasteiger partial charge in [0.05, 0.1) is 0 Å². The topological polar surface area (TPSA) is 30.5 Å². The lowest BCUT2D eigenvalue weighted by Crippen LogP contribution is -2.49. The lowest BCUT2D eigenvalue weighted by molar-refractivity contribution is 0.173. The number of likely N-dealkylation sites (tertiary alicyclic amines) is 2. The lowest BCUT2D eigenvalue weighted by atomic mass is 9.89. The van der Waals surface area contributed by atoms with Gasteiger partial charge in [-0.25, -0.2) is 0 Å². The van der Waals surface area contributed by atoms with Crippen molar-refractivity contribution >= 4 is 0 Å². The van der Waals surface area contributed by atoms with E-state index < -0.39 is 0 Å². The van der Waals surface area contributed by atoms with Crippen molar-refractivity contribution < 1.29 is 0 Å². The van der Waals surface area contributed by atoms with Gasteiger partial charge in [0.25, 0.3) is 0 Å². The molecule has 0 spiro atoms. The average Bonchev–Trinajstić information content (AvgIpc) is 3.09. The second-order valence-corrected chi connectivity index (χ2v) is 10.6. The molecule has 2 fully saturated rings. The maximum absolute atomic E-state index is 3.89. The third kappa shape index (κ3) is 8.01. The molecule has 0 bridgehead atoms. The fourth-order valence-corrected chi connectivity index (χ4v) is 4.44. The van der Waals surface area contributed by atoms with E-state index in [1.54, 1.807) is 0 Å². The van der Waals surface area contributed by atoms with Gasteiger partial charge in [-0.05, 0) is 91.0 Å². The van der Waals surface area contributed by atoms with Crippen molar-refractivity contribution in [2.45, 2.75) is 71.0 Å². The first-order chi connectivity index (χ1) is 13.8. The van der Waals surface area contributed by atoms with E-state index in [0.29, 0.717) is 0 Å². The van der Waals surface area contributed by atoms with Crippen molar-refractivity contribution in [1.82, 2.24) is 20.4 Å². The fraction of sp³-hybridized carbons (Fsp3) is 0.760. The highest BCUT2D eigenvalue weighted by molar-refractivity contribution is 5.14. The van der Waals surface area contributed by atoms with Crippen LogP contribution in [0.2, 0.25) is 0 Å². The van der Waals surface area contributed by atoms with E-state index in [2.05, 4.69) is 78.5 Å². The van der Waals surface area contributed by atoms with Gasteiger partial charge in [-0.2, -0.15) is 0 Å². The van der Waals surface area contributed by atoms with Gasteiger partial charge in [-0.3, -0.25) is 4.90 Å². The Morgan fingerprint density at radius 2 is 1.59 bits per heavy atom. The minimum Gasteiger partial charge on any atom is -0.311 e. The van der Waals surface area contributed by atoms with Gasteiger partial charge >= 0.3 is 0 Å². The highest BCUT2D eigenvalue weighted by atomic mass is 15.2. The van der Waals surface area contributed by atoms with Crippen LogP contribution in [-0.2, 0) is 6.54 Å². The van der Waals surface area contributed by atoms with Crippen LogP contribution in [0.3, 0.4) is 0 Å². The smallest absolute Gasteiger partial charge is 0.0233 e. The number of hydrogen-bond donors (Lipinski definition) is 2. The number of rotatable bonds is 12. The first-order valence-electron chi connectivity index (χ1n) is 11.8. The Kier molecular flexibility index (Phi) is 8.15. The molecule has 164 valence electrons. The summed E-state index contributed by atoms with van der Waals surface area (Å²) >= 11 is 0. The Morgan fingerprint density at radius 1 is 0.897 bits per heavy atom. The van der Waals surface area contributed by atoms with Crippen LogP contribution in [0.5, 0.6) is 0 Å². The molecule has 0 amide bonds. The van der Waals surface area contributed by atoms with E-state index in [-0.39, 0.29) is 11.1 Å². The minimum absolute atomic E-state index is 0.198. The van der Waals surface area contributed by atoms with Crippen molar-refractivity contribution in [2.24, 2.45) is 5.92 Å². The van der Waals surface area contributed by atoms with Gasteiger partial charge < -0.3 is 15.5 Å². The molecule has 3 rings (SSSR count). The molecule has 1 atom stereocenters. The van der Waals surface area contributed by atoms with Gasteiger partial charge in [0.15, 0.2) is 0 Å².